The van der Waals surface area contributed by atoms with Crippen molar-refractivity contribution in [1.29, 1.82) is 0 Å². The lowest BCUT2D eigenvalue weighted by atomic mass is 10.2. The van der Waals surface area contributed by atoms with E-state index in [4.69, 9.17) is 4.42 Å². The number of hydrogen-bond acceptors (Lipinski definition) is 4. The van der Waals surface area contributed by atoms with E-state index in [-0.39, 0.29) is 5.97 Å². The van der Waals surface area contributed by atoms with Crippen LogP contribution in [-0.4, -0.2) is 32.6 Å². The van der Waals surface area contributed by atoms with Crippen molar-refractivity contribution in [2.24, 2.45) is 4.99 Å². The summed E-state index contributed by atoms with van der Waals surface area (Å²) < 4.78 is 10.2. The van der Waals surface area contributed by atoms with Gasteiger partial charge in [-0.05, 0) is 19.4 Å². The zero-order valence-corrected chi connectivity index (χ0v) is 11.9. The largest absolute Gasteiger partial charge is 0.465 e. The quantitative estimate of drug-likeness (QED) is 0.480. The first kappa shape index (κ1) is 15.1. The Labute approximate surface area is 113 Å². The molecular formula is C13H21N3O3. The summed E-state index contributed by atoms with van der Waals surface area (Å²) in [5.74, 6) is 1.54. The number of nitrogens with one attached hydrogen (secondary N) is 2. The fraction of sp³-hybridized carbons (Fsp3) is 0.538. The second-order valence-electron chi connectivity index (χ2n) is 4.03. The minimum atomic E-state index is -0.388. The number of aryl methyl sites for hydroxylation is 1. The summed E-state index contributed by atoms with van der Waals surface area (Å²) >= 11 is 0. The molecule has 6 heteroatoms. The molecule has 106 valence electrons. The second-order valence-corrected chi connectivity index (χ2v) is 4.03. The minimum absolute atomic E-state index is 0.388. The molecule has 0 unspecified atom stereocenters. The summed E-state index contributed by atoms with van der Waals surface area (Å²) in [6, 6.07) is 1.68. The highest BCUT2D eigenvalue weighted by Crippen LogP contribution is 2.15. The maximum atomic E-state index is 11.4. The van der Waals surface area contributed by atoms with Gasteiger partial charge in [-0.3, -0.25) is 4.99 Å². The molecule has 1 heterocycles. The average Bonchev–Trinajstić information content (AvgIpc) is 2.79. The Hall–Kier alpha value is -1.98. The molecule has 19 heavy (non-hydrogen) atoms. The van der Waals surface area contributed by atoms with Gasteiger partial charge < -0.3 is 19.8 Å². The van der Waals surface area contributed by atoms with Crippen LogP contribution in [0, 0.1) is 6.92 Å². The smallest absolute Gasteiger partial charge is 0.341 e. The molecule has 0 aliphatic rings. The van der Waals surface area contributed by atoms with Crippen LogP contribution in [0.1, 0.15) is 35.2 Å². The van der Waals surface area contributed by atoms with Gasteiger partial charge in [0.15, 0.2) is 5.96 Å². The van der Waals surface area contributed by atoms with E-state index in [1.165, 1.54) is 7.11 Å². The van der Waals surface area contributed by atoms with Crippen LogP contribution < -0.4 is 10.6 Å². The van der Waals surface area contributed by atoms with Crippen LogP contribution in [0.3, 0.4) is 0 Å². The van der Waals surface area contributed by atoms with Gasteiger partial charge in [0.1, 0.15) is 17.1 Å². The molecule has 0 saturated carbocycles. The zero-order chi connectivity index (χ0) is 14.3. The van der Waals surface area contributed by atoms with E-state index >= 15 is 0 Å². The lowest BCUT2D eigenvalue weighted by molar-refractivity contribution is 0.0599. The van der Waals surface area contributed by atoms with E-state index in [0.29, 0.717) is 29.6 Å². The number of guanidine groups is 1. The third-order valence-corrected chi connectivity index (χ3v) is 2.57. The normalized spacial score (nSPS) is 11.3. The summed E-state index contributed by atoms with van der Waals surface area (Å²) in [7, 11) is 3.06. The molecule has 0 aromatic carbocycles. The van der Waals surface area contributed by atoms with Crippen LogP contribution in [0.5, 0.6) is 0 Å². The lowest BCUT2D eigenvalue weighted by Gasteiger charge is -2.09. The highest BCUT2D eigenvalue weighted by molar-refractivity contribution is 5.90. The Balaban J connectivity index is 2.60. The minimum Gasteiger partial charge on any atom is -0.465 e. The third kappa shape index (κ3) is 4.31. The fourth-order valence-electron chi connectivity index (χ4n) is 1.58. The van der Waals surface area contributed by atoms with Gasteiger partial charge in [0, 0.05) is 13.6 Å². The molecule has 6 nitrogen and oxygen atoms in total. The van der Waals surface area contributed by atoms with E-state index in [1.807, 2.05) is 0 Å². The molecule has 1 aromatic rings. The number of methoxy groups -OCH3 is 1. The number of ether oxygens (including phenoxy) is 1. The summed E-state index contributed by atoms with van der Waals surface area (Å²) in [4.78, 5) is 15.5. The van der Waals surface area contributed by atoms with E-state index in [9.17, 15) is 4.79 Å². The van der Waals surface area contributed by atoms with E-state index in [2.05, 4.69) is 27.3 Å². The summed E-state index contributed by atoms with van der Waals surface area (Å²) in [5, 5.41) is 6.26. The van der Waals surface area contributed by atoms with E-state index < -0.39 is 0 Å². The first-order valence-electron chi connectivity index (χ1n) is 6.24. The van der Waals surface area contributed by atoms with Crippen molar-refractivity contribution >= 4 is 11.9 Å². The van der Waals surface area contributed by atoms with Crippen molar-refractivity contribution in [3.05, 3.63) is 23.2 Å². The fourth-order valence-corrected chi connectivity index (χ4v) is 1.58. The molecule has 0 amide bonds. The van der Waals surface area contributed by atoms with Gasteiger partial charge in [0.25, 0.3) is 0 Å². The van der Waals surface area contributed by atoms with Gasteiger partial charge in [-0.15, -0.1) is 0 Å². The maximum Gasteiger partial charge on any atom is 0.341 e. The molecule has 0 bridgehead atoms. The number of furan rings is 1. The number of rotatable bonds is 5. The van der Waals surface area contributed by atoms with Crippen molar-refractivity contribution in [2.45, 2.75) is 26.8 Å². The molecule has 0 aliphatic carbocycles. The van der Waals surface area contributed by atoms with E-state index in [0.717, 1.165) is 13.0 Å². The number of nitrogens with zero attached hydrogens (tertiary/aromatic N) is 1. The Morgan fingerprint density at radius 2 is 2.21 bits per heavy atom. The van der Waals surface area contributed by atoms with Gasteiger partial charge in [0.05, 0.1) is 13.7 Å². The van der Waals surface area contributed by atoms with Crippen LogP contribution in [0.2, 0.25) is 0 Å². The van der Waals surface area contributed by atoms with Crippen molar-refractivity contribution in [1.82, 2.24) is 10.6 Å². The van der Waals surface area contributed by atoms with E-state index in [1.54, 1.807) is 20.0 Å². The SMILES string of the molecule is CCCNC(=NC)NCc1cc(C(=O)OC)c(C)o1. The van der Waals surface area contributed by atoms with Crippen molar-refractivity contribution < 1.29 is 13.9 Å². The van der Waals surface area contributed by atoms with Crippen molar-refractivity contribution in [3.63, 3.8) is 0 Å². The molecule has 0 fully saturated rings. The predicted octanol–water partition coefficient (Wildman–Crippen LogP) is 1.45. The average molecular weight is 267 g/mol. The Kier molecular flexibility index (Phi) is 5.92. The molecule has 1 aromatic heterocycles. The molecule has 0 atom stereocenters. The molecule has 0 spiro atoms. The van der Waals surface area contributed by atoms with Gasteiger partial charge in [-0.1, -0.05) is 6.92 Å². The number of carbonyl (C=O) groups is 1. The molecule has 0 radical (unpaired) electrons. The zero-order valence-electron chi connectivity index (χ0n) is 11.9. The number of esters is 1. The summed E-state index contributed by atoms with van der Waals surface area (Å²) in [6.45, 7) is 5.13. The Morgan fingerprint density at radius 3 is 2.79 bits per heavy atom. The second kappa shape index (κ2) is 7.45. The lowest BCUT2D eigenvalue weighted by Crippen LogP contribution is -2.37. The maximum absolute atomic E-state index is 11.4. The van der Waals surface area contributed by atoms with Crippen molar-refractivity contribution in [2.75, 3.05) is 20.7 Å². The number of hydrogen-bond donors (Lipinski definition) is 2. The first-order valence-corrected chi connectivity index (χ1v) is 6.24. The van der Waals surface area contributed by atoms with Crippen LogP contribution in [0.25, 0.3) is 0 Å². The van der Waals surface area contributed by atoms with Gasteiger partial charge in [-0.25, -0.2) is 4.79 Å². The molecule has 0 aliphatic heterocycles. The van der Waals surface area contributed by atoms with Crippen LogP contribution in [0.15, 0.2) is 15.5 Å². The van der Waals surface area contributed by atoms with Crippen LogP contribution in [-0.2, 0) is 11.3 Å². The number of aliphatic imine (C=N–C) groups is 1. The summed E-state index contributed by atoms with van der Waals surface area (Å²) in [5.41, 5.74) is 0.454. The Bertz CT molecular complexity index is 452. The molecule has 1 rings (SSSR count). The van der Waals surface area contributed by atoms with Crippen molar-refractivity contribution in [3.8, 4) is 0 Å². The molecular weight excluding hydrogens is 246 g/mol. The monoisotopic (exact) mass is 267 g/mol. The van der Waals surface area contributed by atoms with Gasteiger partial charge in [-0.2, -0.15) is 0 Å². The number of carbonyl (C=O) groups excluding carboxylic acids is 1. The van der Waals surface area contributed by atoms with Crippen LogP contribution in [0.4, 0.5) is 0 Å². The summed E-state index contributed by atoms with van der Waals surface area (Å²) in [6.07, 6.45) is 1.02. The highest BCUT2D eigenvalue weighted by atomic mass is 16.5. The topological polar surface area (TPSA) is 75.9 Å². The van der Waals surface area contributed by atoms with Gasteiger partial charge >= 0.3 is 5.97 Å². The predicted molar refractivity (Wildman–Crippen MR) is 73.3 cm³/mol. The Morgan fingerprint density at radius 1 is 1.47 bits per heavy atom. The van der Waals surface area contributed by atoms with Crippen LogP contribution >= 0.6 is 0 Å². The molecule has 0 saturated heterocycles. The first-order chi connectivity index (χ1) is 9.12. The molecule has 2 N–H and O–H groups in total. The standard InChI is InChI=1S/C13H21N3O3/c1-5-6-15-13(14-3)16-8-10-7-11(9(2)19-10)12(17)18-4/h7H,5-6,8H2,1-4H3,(H2,14,15,16). The van der Waals surface area contributed by atoms with Gasteiger partial charge in [0.2, 0.25) is 0 Å². The third-order valence-electron chi connectivity index (χ3n) is 2.57. The highest BCUT2D eigenvalue weighted by Gasteiger charge is 2.15.